The van der Waals surface area contributed by atoms with E-state index in [0.717, 1.165) is 45.1 Å². The lowest BCUT2D eigenvalue weighted by Crippen LogP contribution is -2.45. The van der Waals surface area contributed by atoms with Crippen molar-refractivity contribution in [3.8, 4) is 11.5 Å². The molecule has 0 radical (unpaired) electrons. The molecule has 6 heterocycles. The van der Waals surface area contributed by atoms with Gasteiger partial charge in [-0.05, 0) is 51.8 Å². The molecule has 2 saturated heterocycles. The van der Waals surface area contributed by atoms with Gasteiger partial charge in [-0.2, -0.15) is 0 Å². The van der Waals surface area contributed by atoms with Crippen LogP contribution >= 0.6 is 0 Å². The third kappa shape index (κ3) is 6.43. The van der Waals surface area contributed by atoms with Crippen molar-refractivity contribution in [2.24, 2.45) is 5.92 Å². The molecule has 4 aromatic rings. The first-order valence-electron chi connectivity index (χ1n) is 17.5. The second-order valence-corrected chi connectivity index (χ2v) is 14.3. The maximum absolute atomic E-state index is 15.0. The molecule has 4 aliphatic heterocycles. The Morgan fingerprint density at radius 2 is 1.09 bits per heavy atom. The van der Waals surface area contributed by atoms with E-state index in [0.29, 0.717) is 59.5 Å². The molecule has 0 amide bonds. The number of likely N-dealkylation sites (N-methyl/N-ethyl adjacent to an activating group) is 1. The highest BCUT2D eigenvalue weighted by Gasteiger charge is 2.33. The molecule has 4 aliphatic rings. The molecule has 2 aromatic carbocycles. The van der Waals surface area contributed by atoms with E-state index in [1.54, 1.807) is 9.13 Å². The number of piperidine rings is 1. The van der Waals surface area contributed by atoms with Crippen molar-refractivity contribution in [2.75, 3.05) is 69.3 Å². The van der Waals surface area contributed by atoms with Gasteiger partial charge in [0.05, 0.1) is 33.9 Å². The number of aromatic nitrogens is 2. The van der Waals surface area contributed by atoms with Gasteiger partial charge in [-0.25, -0.2) is 18.4 Å². The van der Waals surface area contributed by atoms with Crippen LogP contribution in [0.15, 0.2) is 34.1 Å². The van der Waals surface area contributed by atoms with Gasteiger partial charge in [-0.1, -0.05) is 6.92 Å². The fourth-order valence-corrected chi connectivity index (χ4v) is 7.58. The zero-order valence-corrected chi connectivity index (χ0v) is 29.9. The first-order chi connectivity index (χ1) is 24.8. The molecule has 0 bridgehead atoms. The van der Waals surface area contributed by atoms with E-state index in [1.807, 2.05) is 30.7 Å². The first kappa shape index (κ1) is 37.5. The van der Waals surface area contributed by atoms with Gasteiger partial charge < -0.3 is 49.0 Å². The monoisotopic (exact) mass is 739 g/mol. The summed E-state index contributed by atoms with van der Waals surface area (Å²) >= 11 is 0. The van der Waals surface area contributed by atoms with E-state index < -0.39 is 34.4 Å². The molecule has 53 heavy (non-hydrogen) atoms. The molecule has 8 rings (SSSR count). The van der Waals surface area contributed by atoms with Crippen LogP contribution in [0.2, 0.25) is 0 Å². The maximum Gasteiger partial charge on any atom is 0.341 e. The van der Waals surface area contributed by atoms with Crippen LogP contribution in [0.3, 0.4) is 0 Å². The number of ether oxygens (including phenoxy) is 2. The number of piperazine rings is 1. The molecule has 2 aromatic heterocycles. The number of rotatable bonds is 4. The average molecular weight is 740 g/mol. The van der Waals surface area contributed by atoms with E-state index in [4.69, 9.17) is 9.47 Å². The Labute approximate surface area is 302 Å². The van der Waals surface area contributed by atoms with Gasteiger partial charge in [0.2, 0.25) is 10.9 Å². The van der Waals surface area contributed by atoms with Crippen molar-refractivity contribution in [3.05, 3.63) is 67.7 Å². The third-order valence-electron chi connectivity index (χ3n) is 10.7. The topological polar surface area (TPSA) is 178 Å². The fourth-order valence-electron chi connectivity index (χ4n) is 7.58. The predicted molar refractivity (Wildman–Crippen MR) is 195 cm³/mol. The number of benzene rings is 2. The van der Waals surface area contributed by atoms with Gasteiger partial charge in [-0.15, -0.1) is 0 Å². The molecule has 4 N–H and O–H groups in total. The van der Waals surface area contributed by atoms with Crippen LogP contribution in [0.4, 0.5) is 20.2 Å². The van der Waals surface area contributed by atoms with E-state index in [1.165, 1.54) is 18.5 Å². The number of carbonyl (C=O) groups is 2. The van der Waals surface area contributed by atoms with Crippen molar-refractivity contribution in [3.63, 3.8) is 0 Å². The number of carboxylic acids is 2. The molecule has 0 spiro atoms. The summed E-state index contributed by atoms with van der Waals surface area (Å²) < 4.78 is 45.2. The zero-order chi connectivity index (χ0) is 37.2. The molecule has 0 saturated carbocycles. The summed E-state index contributed by atoms with van der Waals surface area (Å²) in [5.41, 5.74) is -0.392. The molecule has 284 valence electrons. The van der Waals surface area contributed by atoms with Crippen LogP contribution in [0.1, 0.15) is 66.4 Å². The van der Waals surface area contributed by atoms with Gasteiger partial charge in [0.15, 0.2) is 23.1 Å². The molecule has 0 unspecified atom stereocenters. The molecule has 0 aliphatic carbocycles. The van der Waals surface area contributed by atoms with Crippen molar-refractivity contribution in [1.82, 2.24) is 14.0 Å². The lowest BCUT2D eigenvalue weighted by atomic mass is 9.98. The summed E-state index contributed by atoms with van der Waals surface area (Å²) in [5.74, 6) is -2.44. The Morgan fingerprint density at radius 1 is 0.698 bits per heavy atom. The van der Waals surface area contributed by atoms with Crippen LogP contribution < -0.4 is 30.1 Å². The van der Waals surface area contributed by atoms with E-state index in [-0.39, 0.29) is 46.1 Å². The van der Waals surface area contributed by atoms with Crippen molar-refractivity contribution in [2.45, 2.75) is 45.7 Å². The Balaban J connectivity index is 0.000000178. The number of aromatic carboxylic acids is 2. The molecule has 14 nitrogen and oxygen atoms in total. The second kappa shape index (κ2) is 14.3. The van der Waals surface area contributed by atoms with Crippen LogP contribution in [0, 0.1) is 17.6 Å². The minimum atomic E-state index is -1.32. The van der Waals surface area contributed by atoms with Crippen molar-refractivity contribution < 1.29 is 43.5 Å². The number of nitrogens with zero attached hydrogens (tertiary/aromatic N) is 5. The van der Waals surface area contributed by atoms with Crippen LogP contribution in [0.5, 0.6) is 11.5 Å². The minimum absolute atomic E-state index is 0. The third-order valence-corrected chi connectivity index (χ3v) is 10.7. The Bertz CT molecular complexity index is 2080. The highest BCUT2D eigenvalue weighted by Crippen LogP contribution is 2.44. The van der Waals surface area contributed by atoms with Gasteiger partial charge in [-0.3, -0.25) is 9.59 Å². The summed E-state index contributed by atoms with van der Waals surface area (Å²) in [6, 6.07) is 2.01. The second-order valence-electron chi connectivity index (χ2n) is 14.3. The van der Waals surface area contributed by atoms with E-state index in [2.05, 4.69) is 11.8 Å². The first-order valence-corrected chi connectivity index (χ1v) is 17.5. The quantitative estimate of drug-likeness (QED) is 0.312. The van der Waals surface area contributed by atoms with E-state index >= 15 is 0 Å². The number of pyridine rings is 2. The smallest absolute Gasteiger partial charge is 0.341 e. The van der Waals surface area contributed by atoms with Gasteiger partial charge in [0.1, 0.15) is 35.7 Å². The largest absolute Gasteiger partial charge is 0.487 e. The Morgan fingerprint density at radius 3 is 1.49 bits per heavy atom. The average Bonchev–Trinajstić information content (AvgIpc) is 3.10. The number of hydrogen-bond acceptors (Lipinski definition) is 9. The molecule has 2 fully saturated rings. The summed E-state index contributed by atoms with van der Waals surface area (Å²) in [6.07, 6.45) is 4.63. The Hall–Kier alpha value is -5.22. The van der Waals surface area contributed by atoms with Crippen molar-refractivity contribution in [1.29, 1.82) is 0 Å². The lowest BCUT2D eigenvalue weighted by Gasteiger charge is -2.37. The SMILES string of the molecule is CC1CCN(c2c(F)cc3c(=O)c(C(=O)O)cn4c3c2OC[C@@H]4C)CC1.C[C@H]1COc2c(N3CCN(C)CC3)c(F)cc3c(=O)c(C(=O)O)cn1c23.O. The number of hydrogen-bond donors (Lipinski definition) is 2. The van der Waals surface area contributed by atoms with Gasteiger partial charge in [0.25, 0.3) is 0 Å². The predicted octanol–water partition coefficient (Wildman–Crippen LogP) is 3.75. The minimum Gasteiger partial charge on any atom is -0.487 e. The summed E-state index contributed by atoms with van der Waals surface area (Å²) in [6.45, 7) is 10.9. The fraction of sp³-hybridized carbons (Fsp3) is 0.459. The Kier molecular flexibility index (Phi) is 10.1. The number of anilines is 2. The van der Waals surface area contributed by atoms with Gasteiger partial charge >= 0.3 is 11.9 Å². The van der Waals surface area contributed by atoms with E-state index in [9.17, 15) is 38.2 Å². The highest BCUT2D eigenvalue weighted by atomic mass is 19.1. The molecular formula is C37H43F2N5O9. The molecular weight excluding hydrogens is 696 g/mol. The normalized spacial score (nSPS) is 19.9. The van der Waals surface area contributed by atoms with Crippen LogP contribution in [-0.4, -0.2) is 101 Å². The summed E-state index contributed by atoms with van der Waals surface area (Å²) in [7, 11) is 2.02. The zero-order valence-electron chi connectivity index (χ0n) is 29.9. The van der Waals surface area contributed by atoms with Crippen molar-refractivity contribution >= 4 is 45.1 Å². The summed E-state index contributed by atoms with van der Waals surface area (Å²) in [4.78, 5) is 54.1. The maximum atomic E-state index is 15.0. The summed E-state index contributed by atoms with van der Waals surface area (Å²) in [5, 5.41) is 18.7. The standard InChI is InChI=1S/C19H21FN2O4.C18H20FN3O4.H2O/c1-10-3-5-21(6-4-10)16-14(20)7-12-15-18(16)26-9-11(2)22(15)8-13(17(12)23)19(24)25;1-10-9-26-17-14-11(16(23)12(18(24)25)8-22(10)14)7-13(19)15(17)21-5-3-20(2)4-6-21;/h7-8,10-11H,3-6,9H2,1-2H3,(H,24,25);7-8,10H,3-6,9H2,1-2H3,(H,24,25);1H2/t11-;10-;/m00./s1. The highest BCUT2D eigenvalue weighted by molar-refractivity contribution is 5.98. The molecule has 16 heteroatoms. The van der Waals surface area contributed by atoms with Gasteiger partial charge in [0, 0.05) is 51.7 Å². The van der Waals surface area contributed by atoms with Crippen LogP contribution in [-0.2, 0) is 0 Å². The number of carboxylic acid groups (broad SMARTS) is 2. The molecule has 2 atom stereocenters. The van der Waals surface area contributed by atoms with Crippen LogP contribution in [0.25, 0.3) is 21.8 Å². The lowest BCUT2D eigenvalue weighted by molar-refractivity contribution is 0.0683. The number of halogens is 2.